The fourth-order valence-corrected chi connectivity index (χ4v) is 3.38. The molecule has 1 aliphatic heterocycles. The molecule has 0 saturated carbocycles. The van der Waals surface area contributed by atoms with Crippen LogP contribution in [0.3, 0.4) is 0 Å². The Bertz CT molecular complexity index is 1120. The fourth-order valence-electron chi connectivity index (χ4n) is 2.94. The number of Topliss-reactive ketones (excluding diaryl/α,β-unsaturated/α-hetero) is 1. The highest BCUT2D eigenvalue weighted by Crippen LogP contribution is 2.37. The molecular formula is C22H14BrNO4. The molecule has 0 N–H and O–H groups in total. The fraction of sp³-hybridized carbons (Fsp3) is 0.0455. The van der Waals surface area contributed by atoms with E-state index in [0.29, 0.717) is 32.7 Å². The Labute approximate surface area is 169 Å². The molecule has 2 aromatic carbocycles. The average Bonchev–Trinajstić information content (AvgIpc) is 2.98. The van der Waals surface area contributed by atoms with Crippen LogP contribution >= 0.6 is 15.9 Å². The number of esters is 1. The minimum atomic E-state index is -0.498. The highest BCUT2D eigenvalue weighted by Gasteiger charge is 2.30. The van der Waals surface area contributed by atoms with Gasteiger partial charge in [0.2, 0.25) is 5.78 Å². The number of allylic oxidation sites excluding steroid dienone is 1. The van der Waals surface area contributed by atoms with Crippen LogP contribution < -0.4 is 9.47 Å². The standard InChI is InChI=1S/C22H14BrNO4/c1-13-9-15(27-22(26)16-6-2-3-7-17(16)23)11-18-20(13)21(25)19(28-18)10-14-5-4-8-24-12-14/h2-12H,1H3/b19-10-. The van der Waals surface area contributed by atoms with E-state index in [9.17, 15) is 9.59 Å². The third-order valence-electron chi connectivity index (χ3n) is 4.23. The number of nitrogens with zero attached hydrogens (tertiary/aromatic N) is 1. The molecule has 0 amide bonds. The molecule has 2 heterocycles. The summed E-state index contributed by atoms with van der Waals surface area (Å²) in [6.07, 6.45) is 4.94. The predicted molar refractivity (Wildman–Crippen MR) is 107 cm³/mol. The monoisotopic (exact) mass is 435 g/mol. The summed E-state index contributed by atoms with van der Waals surface area (Å²) in [6, 6.07) is 13.8. The molecule has 5 nitrogen and oxygen atoms in total. The van der Waals surface area contributed by atoms with Gasteiger partial charge in [-0.15, -0.1) is 0 Å². The van der Waals surface area contributed by atoms with Gasteiger partial charge in [0.05, 0.1) is 11.1 Å². The predicted octanol–water partition coefficient (Wildman–Crippen LogP) is 4.99. The SMILES string of the molecule is Cc1cc(OC(=O)c2ccccc2Br)cc2c1C(=O)/C(=C/c1cccnc1)O2. The van der Waals surface area contributed by atoms with Gasteiger partial charge in [-0.2, -0.15) is 0 Å². The lowest BCUT2D eigenvalue weighted by atomic mass is 10.0. The number of aryl methyl sites for hydroxylation is 1. The Hall–Kier alpha value is -3.25. The first-order valence-corrected chi connectivity index (χ1v) is 9.28. The summed E-state index contributed by atoms with van der Waals surface area (Å²) in [5.74, 6) is 0.185. The van der Waals surface area contributed by atoms with Crippen LogP contribution in [-0.2, 0) is 0 Å². The molecule has 138 valence electrons. The first-order valence-electron chi connectivity index (χ1n) is 8.48. The third kappa shape index (κ3) is 3.46. The van der Waals surface area contributed by atoms with Crippen LogP contribution in [0.1, 0.15) is 31.8 Å². The highest BCUT2D eigenvalue weighted by atomic mass is 79.9. The summed E-state index contributed by atoms with van der Waals surface area (Å²) in [6.45, 7) is 1.78. The number of rotatable bonds is 3. The maximum atomic E-state index is 12.7. The van der Waals surface area contributed by atoms with Crippen molar-refractivity contribution in [1.82, 2.24) is 4.98 Å². The zero-order valence-corrected chi connectivity index (χ0v) is 16.4. The highest BCUT2D eigenvalue weighted by molar-refractivity contribution is 9.10. The van der Waals surface area contributed by atoms with Gasteiger partial charge in [0.25, 0.3) is 0 Å². The van der Waals surface area contributed by atoms with Crippen LogP contribution in [0, 0.1) is 6.92 Å². The number of hydrogen-bond donors (Lipinski definition) is 0. The molecule has 4 rings (SSSR count). The summed E-state index contributed by atoms with van der Waals surface area (Å²) in [7, 11) is 0. The maximum Gasteiger partial charge on any atom is 0.344 e. The Balaban J connectivity index is 1.63. The van der Waals surface area contributed by atoms with Gasteiger partial charge in [-0.3, -0.25) is 9.78 Å². The van der Waals surface area contributed by atoms with Crippen LogP contribution in [0.4, 0.5) is 0 Å². The van der Waals surface area contributed by atoms with Crippen molar-refractivity contribution in [3.63, 3.8) is 0 Å². The van der Waals surface area contributed by atoms with E-state index in [4.69, 9.17) is 9.47 Å². The van der Waals surface area contributed by atoms with E-state index < -0.39 is 5.97 Å². The number of ketones is 1. The van der Waals surface area contributed by atoms with Gasteiger partial charge in [-0.05, 0) is 64.3 Å². The van der Waals surface area contributed by atoms with Crippen molar-refractivity contribution in [2.24, 2.45) is 0 Å². The molecule has 1 aromatic heterocycles. The number of aromatic nitrogens is 1. The van der Waals surface area contributed by atoms with Crippen LogP contribution in [0.2, 0.25) is 0 Å². The van der Waals surface area contributed by atoms with E-state index in [0.717, 1.165) is 5.56 Å². The van der Waals surface area contributed by atoms with Gasteiger partial charge in [-0.1, -0.05) is 18.2 Å². The van der Waals surface area contributed by atoms with Crippen molar-refractivity contribution in [2.45, 2.75) is 6.92 Å². The molecule has 0 spiro atoms. The van der Waals surface area contributed by atoms with Crippen LogP contribution in [0.5, 0.6) is 11.5 Å². The first-order chi connectivity index (χ1) is 13.5. The van der Waals surface area contributed by atoms with Crippen molar-refractivity contribution >= 4 is 33.8 Å². The second-order valence-corrected chi connectivity index (χ2v) is 7.06. The molecular weight excluding hydrogens is 422 g/mol. The number of benzene rings is 2. The molecule has 3 aromatic rings. The van der Waals surface area contributed by atoms with Crippen LogP contribution in [0.25, 0.3) is 6.08 Å². The number of hydrogen-bond acceptors (Lipinski definition) is 5. The number of pyridine rings is 1. The summed E-state index contributed by atoms with van der Waals surface area (Å²) >= 11 is 3.34. The lowest BCUT2D eigenvalue weighted by Gasteiger charge is -2.08. The second-order valence-electron chi connectivity index (χ2n) is 6.21. The largest absolute Gasteiger partial charge is 0.452 e. The van der Waals surface area contributed by atoms with E-state index in [1.165, 1.54) is 0 Å². The number of ether oxygens (including phenoxy) is 2. The van der Waals surface area contributed by atoms with Crippen molar-refractivity contribution in [2.75, 3.05) is 0 Å². The minimum Gasteiger partial charge on any atom is -0.452 e. The van der Waals surface area contributed by atoms with Crippen molar-refractivity contribution in [3.05, 3.63) is 93.4 Å². The third-order valence-corrected chi connectivity index (χ3v) is 4.92. The normalized spacial score (nSPS) is 13.9. The van der Waals surface area contributed by atoms with Crippen molar-refractivity contribution in [1.29, 1.82) is 0 Å². The van der Waals surface area contributed by atoms with Gasteiger partial charge in [-0.25, -0.2) is 4.79 Å². The van der Waals surface area contributed by atoms with Gasteiger partial charge in [0.1, 0.15) is 11.5 Å². The summed E-state index contributed by atoms with van der Waals surface area (Å²) in [5, 5.41) is 0. The topological polar surface area (TPSA) is 65.5 Å². The summed E-state index contributed by atoms with van der Waals surface area (Å²) in [4.78, 5) is 29.2. The first kappa shape index (κ1) is 18.1. The van der Waals surface area contributed by atoms with Gasteiger partial charge in [0.15, 0.2) is 5.76 Å². The van der Waals surface area contributed by atoms with Crippen molar-refractivity contribution in [3.8, 4) is 11.5 Å². The lowest BCUT2D eigenvalue weighted by Crippen LogP contribution is -2.09. The molecule has 0 bridgehead atoms. The van der Waals surface area contributed by atoms with E-state index in [-0.39, 0.29) is 11.5 Å². The molecule has 0 unspecified atom stereocenters. The van der Waals surface area contributed by atoms with Crippen LogP contribution in [-0.4, -0.2) is 16.7 Å². The summed E-state index contributed by atoms with van der Waals surface area (Å²) < 4.78 is 11.9. The average molecular weight is 436 g/mol. The molecule has 0 atom stereocenters. The minimum absolute atomic E-state index is 0.208. The number of halogens is 1. The second kappa shape index (κ2) is 7.40. The van der Waals surface area contributed by atoms with Gasteiger partial charge < -0.3 is 9.47 Å². The molecule has 1 aliphatic rings. The van der Waals surface area contributed by atoms with Crippen LogP contribution in [0.15, 0.2) is 71.2 Å². The smallest absolute Gasteiger partial charge is 0.344 e. The van der Waals surface area contributed by atoms with Crippen molar-refractivity contribution < 1.29 is 19.1 Å². The molecule has 6 heteroatoms. The van der Waals surface area contributed by atoms with E-state index in [1.807, 2.05) is 12.1 Å². The molecule has 28 heavy (non-hydrogen) atoms. The summed E-state index contributed by atoms with van der Waals surface area (Å²) in [5.41, 5.74) is 2.31. The zero-order chi connectivity index (χ0) is 19.7. The molecule has 0 radical (unpaired) electrons. The zero-order valence-electron chi connectivity index (χ0n) is 14.8. The van der Waals surface area contributed by atoms with Gasteiger partial charge >= 0.3 is 5.97 Å². The Kier molecular flexibility index (Phi) is 4.79. The van der Waals surface area contributed by atoms with E-state index >= 15 is 0 Å². The molecule has 0 saturated heterocycles. The van der Waals surface area contributed by atoms with E-state index in [2.05, 4.69) is 20.9 Å². The number of fused-ring (bicyclic) bond motifs is 1. The Morgan fingerprint density at radius 3 is 2.75 bits per heavy atom. The number of carbonyl (C=O) groups excluding carboxylic acids is 2. The molecule has 0 aliphatic carbocycles. The van der Waals surface area contributed by atoms with E-state index in [1.54, 1.807) is 61.8 Å². The maximum absolute atomic E-state index is 12.7. The molecule has 0 fully saturated rings. The number of carbonyl (C=O) groups is 2. The Morgan fingerprint density at radius 1 is 1.18 bits per heavy atom. The van der Waals surface area contributed by atoms with Gasteiger partial charge in [0, 0.05) is 22.9 Å². The lowest BCUT2D eigenvalue weighted by molar-refractivity contribution is 0.0733. The Morgan fingerprint density at radius 2 is 2.00 bits per heavy atom. The quantitative estimate of drug-likeness (QED) is 0.329.